The van der Waals surface area contributed by atoms with Crippen molar-refractivity contribution >= 4 is 46.4 Å². The van der Waals surface area contributed by atoms with Crippen LogP contribution in [0.1, 0.15) is 29.7 Å². The van der Waals surface area contributed by atoms with Crippen LogP contribution in [0.4, 0.5) is 0 Å². The zero-order valence-corrected chi connectivity index (χ0v) is 18.2. The van der Waals surface area contributed by atoms with Gasteiger partial charge in [-0.3, -0.25) is 0 Å². The molecule has 3 aromatic heterocycles. The summed E-state index contributed by atoms with van der Waals surface area (Å²) in [5, 5.41) is 0. The van der Waals surface area contributed by atoms with Crippen LogP contribution in [0, 0.1) is 0 Å². The monoisotopic (exact) mass is 430 g/mol. The van der Waals surface area contributed by atoms with E-state index in [-0.39, 0.29) is 0 Å². The van der Waals surface area contributed by atoms with Crippen LogP contribution in [-0.4, -0.2) is 26.5 Å². The van der Waals surface area contributed by atoms with Gasteiger partial charge in [0.05, 0.1) is 40.4 Å². The Morgan fingerprint density at radius 1 is 0.667 bits per heavy atom. The van der Waals surface area contributed by atoms with Gasteiger partial charge in [-0.05, 0) is 73.2 Å². The van der Waals surface area contributed by atoms with E-state index in [1.807, 2.05) is 73.7 Å². The lowest BCUT2D eigenvalue weighted by Gasteiger charge is -2.06. The van der Waals surface area contributed by atoms with Gasteiger partial charge in [-0.25, -0.2) is 9.97 Å². The molecule has 2 N–H and O–H groups in total. The highest BCUT2D eigenvalue weighted by atomic mass is 16.5. The number of aromatic nitrogens is 4. The molecule has 0 spiro atoms. The molecule has 6 rings (SSSR count). The highest BCUT2D eigenvalue weighted by Crippen LogP contribution is 2.38. The lowest BCUT2D eigenvalue weighted by atomic mass is 10.1. The highest BCUT2D eigenvalue weighted by molar-refractivity contribution is 5.94. The molecule has 5 nitrogen and oxygen atoms in total. The average molecular weight is 431 g/mol. The van der Waals surface area contributed by atoms with Crippen molar-refractivity contribution in [2.45, 2.75) is 6.92 Å². The van der Waals surface area contributed by atoms with Gasteiger partial charge in [0.25, 0.3) is 0 Å². The van der Waals surface area contributed by atoms with Crippen molar-refractivity contribution in [3.63, 3.8) is 0 Å². The van der Waals surface area contributed by atoms with E-state index in [0.29, 0.717) is 6.61 Å². The molecule has 160 valence electrons. The number of nitrogens with one attached hydrogen (secondary N) is 2. The van der Waals surface area contributed by atoms with Crippen LogP contribution >= 0.6 is 0 Å². The number of benzene rings is 1. The number of hydrogen-bond donors (Lipinski definition) is 2. The molecular formula is C28H22N4O. The van der Waals surface area contributed by atoms with Crippen molar-refractivity contribution in [3.8, 4) is 16.9 Å². The van der Waals surface area contributed by atoms with E-state index in [2.05, 4.69) is 34.2 Å². The van der Waals surface area contributed by atoms with E-state index >= 15 is 0 Å². The molecule has 5 heteroatoms. The average Bonchev–Trinajstić information content (AvgIpc) is 3.60. The highest BCUT2D eigenvalue weighted by Gasteiger charge is 2.15. The predicted octanol–water partition coefficient (Wildman–Crippen LogP) is 6.72. The van der Waals surface area contributed by atoms with E-state index in [4.69, 9.17) is 14.7 Å². The van der Waals surface area contributed by atoms with E-state index < -0.39 is 0 Å². The molecule has 0 unspecified atom stereocenters. The minimum atomic E-state index is 0.564. The minimum Gasteiger partial charge on any atom is -0.491 e. The second kappa shape index (κ2) is 7.95. The van der Waals surface area contributed by atoms with Crippen LogP contribution in [0.3, 0.4) is 0 Å². The number of aromatic amines is 2. The maximum atomic E-state index is 6.17. The zero-order chi connectivity index (χ0) is 22.2. The molecule has 0 aliphatic carbocycles. The van der Waals surface area contributed by atoms with Gasteiger partial charge in [0.15, 0.2) is 5.75 Å². The smallest absolute Gasteiger partial charge is 0.152 e. The fraction of sp³-hybridized carbons (Fsp3) is 0.0714. The van der Waals surface area contributed by atoms with Crippen molar-refractivity contribution in [3.05, 3.63) is 89.5 Å². The summed E-state index contributed by atoms with van der Waals surface area (Å²) < 4.78 is 6.17. The first-order chi connectivity index (χ1) is 16.2. The van der Waals surface area contributed by atoms with Gasteiger partial charge in [0.1, 0.15) is 0 Å². The normalized spacial score (nSPS) is 12.3. The Hall–Kier alpha value is -4.38. The molecule has 0 saturated heterocycles. The largest absolute Gasteiger partial charge is 0.491 e. The third-order valence-corrected chi connectivity index (χ3v) is 5.65. The fourth-order valence-electron chi connectivity index (χ4n) is 4.24. The summed E-state index contributed by atoms with van der Waals surface area (Å²) in [6.45, 7) is 2.57. The third kappa shape index (κ3) is 3.74. The first-order valence-corrected chi connectivity index (χ1v) is 11.0. The van der Waals surface area contributed by atoms with Crippen molar-refractivity contribution in [2.24, 2.45) is 0 Å². The van der Waals surface area contributed by atoms with Gasteiger partial charge < -0.3 is 14.7 Å². The van der Waals surface area contributed by atoms with Crippen molar-refractivity contribution < 1.29 is 4.74 Å². The zero-order valence-electron chi connectivity index (χ0n) is 18.2. The summed E-state index contributed by atoms with van der Waals surface area (Å²) in [6.07, 6.45) is 8.10. The Morgan fingerprint density at radius 2 is 1.24 bits per heavy atom. The number of ether oxygens (including phenoxy) is 1. The maximum Gasteiger partial charge on any atom is 0.152 e. The van der Waals surface area contributed by atoms with Crippen LogP contribution in [-0.2, 0) is 0 Å². The Labute approximate surface area is 191 Å². The van der Waals surface area contributed by atoms with Crippen LogP contribution in [0.2, 0.25) is 0 Å². The van der Waals surface area contributed by atoms with Gasteiger partial charge in [-0.2, -0.15) is 0 Å². The molecule has 0 amide bonds. The second-order valence-electron chi connectivity index (χ2n) is 7.99. The standard InChI is InChI=1S/C28H22N4O/c1-2-33-28-26-17-24-13-11-22(31-24)15-20-9-8-19(29-20)14-21-10-12-23(30-21)16-25(32-26)27(28)18-6-4-3-5-7-18/h3-17,29,32H,2H2,1H3. The number of hydrogen-bond acceptors (Lipinski definition) is 3. The molecule has 0 atom stereocenters. The topological polar surface area (TPSA) is 66.6 Å². The van der Waals surface area contributed by atoms with Gasteiger partial charge in [-0.1, -0.05) is 30.3 Å². The van der Waals surface area contributed by atoms with E-state index in [1.54, 1.807) is 0 Å². The fourth-order valence-corrected chi connectivity index (χ4v) is 4.24. The quantitative estimate of drug-likeness (QED) is 0.327. The predicted molar refractivity (Wildman–Crippen MR) is 135 cm³/mol. The van der Waals surface area contributed by atoms with E-state index in [1.165, 1.54) is 0 Å². The summed E-state index contributed by atoms with van der Waals surface area (Å²) in [4.78, 5) is 16.6. The van der Waals surface area contributed by atoms with Crippen molar-refractivity contribution in [1.29, 1.82) is 0 Å². The molecule has 5 heterocycles. The molecule has 2 aliphatic rings. The molecule has 0 fully saturated rings. The molecule has 0 radical (unpaired) electrons. The number of H-pyrrole nitrogens is 2. The van der Waals surface area contributed by atoms with E-state index in [9.17, 15) is 0 Å². The number of fused-ring (bicyclic) bond motifs is 8. The molecule has 2 aliphatic heterocycles. The second-order valence-corrected chi connectivity index (χ2v) is 7.99. The van der Waals surface area contributed by atoms with Gasteiger partial charge in [0.2, 0.25) is 0 Å². The summed E-state index contributed by atoms with van der Waals surface area (Å²) in [5.74, 6) is 0.819. The first kappa shape index (κ1) is 19.3. The minimum absolute atomic E-state index is 0.564. The van der Waals surface area contributed by atoms with Crippen LogP contribution < -0.4 is 4.74 Å². The molecule has 8 bridgehead atoms. The maximum absolute atomic E-state index is 6.17. The lowest BCUT2D eigenvalue weighted by Crippen LogP contribution is -1.92. The SMILES string of the molecule is CCOc1c(-c2ccccc2)c2cc3nc(cc4ccc(cc5nc(cc1[nH]2)C=C5)[nH]4)C=C3. The van der Waals surface area contributed by atoms with Crippen molar-refractivity contribution in [2.75, 3.05) is 6.61 Å². The Kier molecular flexibility index (Phi) is 4.65. The molecule has 0 saturated carbocycles. The lowest BCUT2D eigenvalue weighted by molar-refractivity contribution is 0.346. The van der Waals surface area contributed by atoms with Gasteiger partial charge >= 0.3 is 0 Å². The van der Waals surface area contributed by atoms with Gasteiger partial charge in [0, 0.05) is 16.6 Å². The van der Waals surface area contributed by atoms with Crippen LogP contribution in [0.25, 0.3) is 57.5 Å². The number of rotatable bonds is 3. The summed E-state index contributed by atoms with van der Waals surface area (Å²) in [5.41, 5.74) is 9.50. The summed E-state index contributed by atoms with van der Waals surface area (Å²) in [7, 11) is 0. The third-order valence-electron chi connectivity index (χ3n) is 5.65. The molecular weight excluding hydrogens is 408 g/mol. The molecule has 1 aromatic carbocycles. The van der Waals surface area contributed by atoms with Crippen LogP contribution in [0.15, 0.2) is 66.7 Å². The van der Waals surface area contributed by atoms with Crippen molar-refractivity contribution in [1.82, 2.24) is 19.9 Å². The Balaban J connectivity index is 1.73. The first-order valence-electron chi connectivity index (χ1n) is 11.0. The van der Waals surface area contributed by atoms with E-state index in [0.717, 1.165) is 61.7 Å². The molecule has 4 aromatic rings. The Bertz CT molecular complexity index is 1570. The number of nitrogens with zero attached hydrogens (tertiary/aromatic N) is 2. The summed E-state index contributed by atoms with van der Waals surface area (Å²) in [6, 6.07) is 22.6. The van der Waals surface area contributed by atoms with Crippen LogP contribution in [0.5, 0.6) is 5.75 Å². The Morgan fingerprint density at radius 3 is 1.85 bits per heavy atom. The molecule has 33 heavy (non-hydrogen) atoms. The summed E-state index contributed by atoms with van der Waals surface area (Å²) >= 11 is 0. The van der Waals surface area contributed by atoms with Gasteiger partial charge in [-0.15, -0.1) is 0 Å².